The predicted octanol–water partition coefficient (Wildman–Crippen LogP) is 4.76. The second-order valence-electron chi connectivity index (χ2n) is 9.02. The largest absolute Gasteiger partial charge is 0.465 e. The number of hydrogen-bond donors (Lipinski definition) is 1. The molecule has 3 heteroatoms. The minimum atomic E-state index is -0.694. The number of likely N-dealkylation sites (tertiary alicyclic amines) is 1. The molecule has 1 N–H and O–H groups in total. The third-order valence-electron chi connectivity index (χ3n) is 8.45. The number of fused-ring (bicyclic) bond motifs is 5. The Balaban J connectivity index is 1.63. The van der Waals surface area contributed by atoms with E-state index < -0.39 is 6.09 Å². The van der Waals surface area contributed by atoms with Gasteiger partial charge in [0.2, 0.25) is 0 Å². The van der Waals surface area contributed by atoms with Crippen molar-refractivity contribution >= 4 is 6.09 Å². The van der Waals surface area contributed by atoms with Gasteiger partial charge in [-0.3, -0.25) is 0 Å². The quantitative estimate of drug-likeness (QED) is 0.701. The van der Waals surface area contributed by atoms with Gasteiger partial charge in [-0.15, -0.1) is 0 Å². The highest BCUT2D eigenvalue weighted by Gasteiger charge is 2.60. The van der Waals surface area contributed by atoms with Gasteiger partial charge in [-0.2, -0.15) is 0 Å². The molecule has 1 unspecified atom stereocenters. The Hall–Kier alpha value is -0.730. The lowest BCUT2D eigenvalue weighted by atomic mass is 9.46. The van der Waals surface area contributed by atoms with Crippen LogP contribution in [0.4, 0.5) is 4.79 Å². The summed E-state index contributed by atoms with van der Waals surface area (Å²) in [7, 11) is 0. The molecule has 3 nitrogen and oxygen atoms in total. The van der Waals surface area contributed by atoms with Crippen LogP contribution in [0.1, 0.15) is 71.6 Å². The second-order valence-corrected chi connectivity index (χ2v) is 9.02. The van der Waals surface area contributed by atoms with Crippen LogP contribution < -0.4 is 0 Å². The Morgan fingerprint density at radius 1 is 1.00 bits per heavy atom. The van der Waals surface area contributed by atoms with Crippen LogP contribution in [0.3, 0.4) is 0 Å². The highest BCUT2D eigenvalue weighted by atomic mass is 16.4. The van der Waals surface area contributed by atoms with Crippen LogP contribution in [0.25, 0.3) is 0 Å². The first kappa shape index (κ1) is 14.8. The van der Waals surface area contributed by atoms with E-state index in [4.69, 9.17) is 0 Å². The zero-order chi connectivity index (χ0) is 15.5. The van der Waals surface area contributed by atoms with Crippen molar-refractivity contribution in [2.45, 2.75) is 77.2 Å². The Kier molecular flexibility index (Phi) is 3.29. The molecule has 1 aliphatic heterocycles. The maximum Gasteiger partial charge on any atom is 0.407 e. The number of amides is 1. The van der Waals surface area contributed by atoms with Crippen LogP contribution in [-0.2, 0) is 0 Å². The molecule has 124 valence electrons. The van der Waals surface area contributed by atoms with E-state index in [0.717, 1.165) is 37.1 Å². The molecule has 4 rings (SSSR count). The smallest absolute Gasteiger partial charge is 0.407 e. The molecular weight excluding hydrogens is 274 g/mol. The summed E-state index contributed by atoms with van der Waals surface area (Å²) in [5.74, 6) is 3.20. The van der Waals surface area contributed by atoms with Gasteiger partial charge < -0.3 is 10.0 Å². The number of carboxylic acid groups (broad SMARTS) is 1. The second kappa shape index (κ2) is 4.88. The summed E-state index contributed by atoms with van der Waals surface area (Å²) in [6.07, 6.45) is 11.2. The first-order chi connectivity index (χ1) is 10.5. The van der Waals surface area contributed by atoms with Crippen molar-refractivity contribution in [1.82, 2.24) is 4.90 Å². The van der Waals surface area contributed by atoms with E-state index in [9.17, 15) is 9.90 Å². The number of nitrogens with zero attached hydrogens (tertiary/aromatic N) is 1. The fourth-order valence-electron chi connectivity index (χ4n) is 7.29. The van der Waals surface area contributed by atoms with Crippen LogP contribution >= 0.6 is 0 Å². The fraction of sp³-hybridized carbons (Fsp3) is 0.947. The fourth-order valence-corrected chi connectivity index (χ4v) is 7.29. The minimum Gasteiger partial charge on any atom is -0.465 e. The van der Waals surface area contributed by atoms with Gasteiger partial charge >= 0.3 is 6.09 Å². The zero-order valence-electron chi connectivity index (χ0n) is 14.2. The molecule has 0 aromatic heterocycles. The van der Waals surface area contributed by atoms with E-state index in [1.165, 1.54) is 44.9 Å². The van der Waals surface area contributed by atoms with Crippen LogP contribution in [0.5, 0.6) is 0 Å². The summed E-state index contributed by atoms with van der Waals surface area (Å²) < 4.78 is 0. The summed E-state index contributed by atoms with van der Waals surface area (Å²) in [5.41, 5.74) is 0.476. The zero-order valence-corrected chi connectivity index (χ0v) is 14.2. The standard InChI is InChI=1S/C19H31NO2/c1-18-10-4-3-5-13(18)6-7-14-15(18)8-11-19(2)16(14)9-12-20(19)17(21)22/h13-16H,3-12H2,1-2H3,(H,21,22)/t13?,14-,15-,16+,18+,19+/m1/s1. The predicted molar refractivity (Wildman–Crippen MR) is 86.8 cm³/mol. The van der Waals surface area contributed by atoms with Crippen LogP contribution in [0, 0.1) is 29.1 Å². The maximum atomic E-state index is 11.6. The van der Waals surface area contributed by atoms with Crippen molar-refractivity contribution in [1.29, 1.82) is 0 Å². The highest BCUT2D eigenvalue weighted by molar-refractivity contribution is 5.66. The number of carbonyl (C=O) groups is 1. The van der Waals surface area contributed by atoms with Gasteiger partial charge in [0.25, 0.3) is 0 Å². The SMILES string of the molecule is C[C@]12CCCCC1CC[C@@H]1[C@H]2CC[C@@]2(C)[C@H]1CCN2C(=O)O. The van der Waals surface area contributed by atoms with E-state index in [1.807, 2.05) is 0 Å². The highest BCUT2D eigenvalue weighted by Crippen LogP contribution is 2.63. The lowest BCUT2D eigenvalue weighted by Crippen LogP contribution is -2.58. The van der Waals surface area contributed by atoms with E-state index in [-0.39, 0.29) is 5.54 Å². The van der Waals surface area contributed by atoms with Crippen molar-refractivity contribution < 1.29 is 9.90 Å². The minimum absolute atomic E-state index is 0.0785. The van der Waals surface area contributed by atoms with E-state index in [1.54, 1.807) is 4.90 Å². The molecule has 6 atom stereocenters. The molecule has 0 aromatic rings. The number of rotatable bonds is 0. The molecule has 4 aliphatic rings. The van der Waals surface area contributed by atoms with Crippen LogP contribution in [0.2, 0.25) is 0 Å². The molecule has 1 heterocycles. The van der Waals surface area contributed by atoms with Crippen LogP contribution in [-0.4, -0.2) is 28.2 Å². The summed E-state index contributed by atoms with van der Waals surface area (Å²) >= 11 is 0. The molecular formula is C19H31NO2. The van der Waals surface area contributed by atoms with Crippen molar-refractivity contribution in [3.8, 4) is 0 Å². The normalized spacial score (nSPS) is 50.9. The van der Waals surface area contributed by atoms with Gasteiger partial charge in [0.05, 0.1) is 0 Å². The Morgan fingerprint density at radius 3 is 2.59 bits per heavy atom. The Labute approximate surface area is 134 Å². The van der Waals surface area contributed by atoms with E-state index in [2.05, 4.69) is 13.8 Å². The molecule has 3 saturated carbocycles. The average molecular weight is 305 g/mol. The van der Waals surface area contributed by atoms with Crippen LogP contribution in [0.15, 0.2) is 0 Å². The van der Waals surface area contributed by atoms with E-state index >= 15 is 0 Å². The summed E-state index contributed by atoms with van der Waals surface area (Å²) in [6, 6.07) is 0. The van der Waals surface area contributed by atoms with Gasteiger partial charge in [0.15, 0.2) is 0 Å². The summed E-state index contributed by atoms with van der Waals surface area (Å²) in [4.78, 5) is 13.4. The van der Waals surface area contributed by atoms with Crippen molar-refractivity contribution in [3.63, 3.8) is 0 Å². The monoisotopic (exact) mass is 305 g/mol. The lowest BCUT2D eigenvalue weighted by molar-refractivity contribution is -0.100. The molecule has 4 fully saturated rings. The molecule has 22 heavy (non-hydrogen) atoms. The first-order valence-corrected chi connectivity index (χ1v) is 9.47. The van der Waals surface area contributed by atoms with E-state index in [0.29, 0.717) is 11.3 Å². The Morgan fingerprint density at radius 2 is 1.82 bits per heavy atom. The van der Waals surface area contributed by atoms with Gasteiger partial charge in [-0.25, -0.2) is 4.79 Å². The summed E-state index contributed by atoms with van der Waals surface area (Å²) in [5, 5.41) is 9.58. The van der Waals surface area contributed by atoms with Crippen molar-refractivity contribution in [2.24, 2.45) is 29.1 Å². The number of hydrogen-bond acceptors (Lipinski definition) is 1. The third kappa shape index (κ3) is 1.83. The van der Waals surface area contributed by atoms with Crippen molar-refractivity contribution in [2.75, 3.05) is 6.54 Å². The van der Waals surface area contributed by atoms with Crippen molar-refractivity contribution in [3.05, 3.63) is 0 Å². The van der Waals surface area contributed by atoms with Gasteiger partial charge in [0.1, 0.15) is 0 Å². The van der Waals surface area contributed by atoms with Gasteiger partial charge in [0, 0.05) is 12.1 Å². The first-order valence-electron chi connectivity index (χ1n) is 9.47. The molecule has 1 amide bonds. The lowest BCUT2D eigenvalue weighted by Gasteiger charge is -2.60. The maximum absolute atomic E-state index is 11.6. The Bertz CT molecular complexity index is 478. The average Bonchev–Trinajstić information content (AvgIpc) is 2.84. The molecule has 0 bridgehead atoms. The van der Waals surface area contributed by atoms with Gasteiger partial charge in [-0.1, -0.05) is 19.8 Å². The molecule has 0 radical (unpaired) electrons. The molecule has 0 aromatic carbocycles. The third-order valence-corrected chi connectivity index (χ3v) is 8.45. The van der Waals surface area contributed by atoms with Gasteiger partial charge in [-0.05, 0) is 81.0 Å². The molecule has 0 spiro atoms. The topological polar surface area (TPSA) is 40.5 Å². The molecule has 3 aliphatic carbocycles. The summed E-state index contributed by atoms with van der Waals surface area (Å²) in [6.45, 7) is 5.59. The molecule has 1 saturated heterocycles.